The first kappa shape index (κ1) is 8.13. The van der Waals surface area contributed by atoms with Gasteiger partial charge in [0, 0.05) is 5.56 Å². The molecule has 0 fully saturated rings. The lowest BCUT2D eigenvalue weighted by Crippen LogP contribution is -1.98. The Morgan fingerprint density at radius 3 is 2.31 bits per heavy atom. The molecule has 2 rings (SSSR count). The first-order chi connectivity index (χ1) is 6.25. The predicted octanol–water partition coefficient (Wildman–Crippen LogP) is 2.25. The Kier molecular flexibility index (Phi) is 1.94. The smallest absolute Gasteiger partial charge is 0.194 e. The molecule has 1 radical (unpaired) electrons. The van der Waals surface area contributed by atoms with Crippen molar-refractivity contribution in [2.45, 2.75) is 6.92 Å². The quantitative estimate of drug-likeness (QED) is 0.694. The molecule has 3 nitrogen and oxygen atoms in total. The van der Waals surface area contributed by atoms with Gasteiger partial charge in [-0.25, -0.2) is 0 Å². The molecule has 1 aromatic rings. The Balaban J connectivity index is 2.32. The maximum absolute atomic E-state index is 5.47. The van der Waals surface area contributed by atoms with Gasteiger partial charge in [0.25, 0.3) is 0 Å². The van der Waals surface area contributed by atoms with Gasteiger partial charge in [-0.2, -0.15) is 10.2 Å². The second-order valence-corrected chi connectivity index (χ2v) is 3.02. The van der Waals surface area contributed by atoms with Crippen LogP contribution in [0.25, 0.3) is 5.70 Å². The second kappa shape index (κ2) is 3.11. The van der Waals surface area contributed by atoms with Crippen LogP contribution in [0.15, 0.2) is 40.6 Å². The van der Waals surface area contributed by atoms with Crippen molar-refractivity contribution in [3.8, 4) is 0 Å². The van der Waals surface area contributed by atoms with Crippen LogP contribution in [-0.2, 0) is 0 Å². The van der Waals surface area contributed by atoms with Gasteiger partial charge in [0.05, 0.1) is 5.70 Å². The minimum atomic E-state index is 0.468. The van der Waals surface area contributed by atoms with Gasteiger partial charge < -0.3 is 0 Å². The molecule has 1 heterocycles. The van der Waals surface area contributed by atoms with Gasteiger partial charge in [-0.3, -0.25) is 5.73 Å². The Bertz CT molecular complexity index is 362. The molecular formula is C10H10N3. The van der Waals surface area contributed by atoms with E-state index in [0.29, 0.717) is 6.17 Å². The van der Waals surface area contributed by atoms with Crippen molar-refractivity contribution in [1.82, 2.24) is 0 Å². The Morgan fingerprint density at radius 1 is 1.08 bits per heavy atom. The van der Waals surface area contributed by atoms with E-state index >= 15 is 0 Å². The lowest BCUT2D eigenvalue weighted by atomic mass is 10.1. The molecule has 65 valence electrons. The van der Waals surface area contributed by atoms with Crippen LogP contribution < -0.4 is 5.73 Å². The van der Waals surface area contributed by atoms with E-state index in [4.69, 9.17) is 5.73 Å². The predicted molar refractivity (Wildman–Crippen MR) is 51.4 cm³/mol. The van der Waals surface area contributed by atoms with Gasteiger partial charge in [0.2, 0.25) is 0 Å². The molecule has 0 amide bonds. The third kappa shape index (κ3) is 1.65. The number of azo groups is 1. The highest BCUT2D eigenvalue weighted by Crippen LogP contribution is 2.24. The lowest BCUT2D eigenvalue weighted by molar-refractivity contribution is 1.03. The number of hydrogen-bond acceptors (Lipinski definition) is 3. The van der Waals surface area contributed by atoms with Crippen molar-refractivity contribution in [3.63, 3.8) is 0 Å². The Hall–Kier alpha value is -1.48. The Morgan fingerprint density at radius 2 is 1.77 bits per heavy atom. The minimum absolute atomic E-state index is 0.468. The van der Waals surface area contributed by atoms with Crippen molar-refractivity contribution >= 4 is 5.70 Å². The largest absolute Gasteiger partial charge is 0.299 e. The molecule has 0 aliphatic carbocycles. The number of benzene rings is 1. The van der Waals surface area contributed by atoms with Gasteiger partial charge >= 0.3 is 0 Å². The first-order valence-electron chi connectivity index (χ1n) is 4.08. The van der Waals surface area contributed by atoms with E-state index in [0.717, 1.165) is 11.3 Å². The topological polar surface area (TPSA) is 50.7 Å². The molecule has 0 saturated heterocycles. The highest BCUT2D eigenvalue weighted by Gasteiger charge is 2.10. The molecule has 1 aliphatic heterocycles. The van der Waals surface area contributed by atoms with Crippen molar-refractivity contribution in [2.24, 2.45) is 16.0 Å². The molecule has 0 unspecified atom stereocenters. The number of hydrogen-bond donors (Lipinski definition) is 1. The summed E-state index contributed by atoms with van der Waals surface area (Å²) in [5, 5.41) is 7.68. The molecule has 0 atom stereocenters. The molecule has 1 aliphatic rings. The van der Waals surface area contributed by atoms with Crippen molar-refractivity contribution < 1.29 is 0 Å². The molecule has 1 aromatic carbocycles. The lowest BCUT2D eigenvalue weighted by Gasteiger charge is -1.97. The van der Waals surface area contributed by atoms with Crippen LogP contribution in [0.4, 0.5) is 0 Å². The highest BCUT2D eigenvalue weighted by atomic mass is 15.2. The third-order valence-corrected chi connectivity index (χ3v) is 1.91. The SMILES string of the molecule is Cc1ccc(C2=C[C](N)N=N2)cc1. The summed E-state index contributed by atoms with van der Waals surface area (Å²) in [5.41, 5.74) is 8.59. The van der Waals surface area contributed by atoms with Crippen LogP contribution in [-0.4, -0.2) is 0 Å². The molecular weight excluding hydrogens is 162 g/mol. The van der Waals surface area contributed by atoms with E-state index < -0.39 is 0 Å². The number of nitrogens with two attached hydrogens (primary N) is 1. The standard InChI is InChI=1S/C10H10N3/c1-7-2-4-8(5-3-7)9-6-10(11)13-12-9/h2-6H,11H2,1H3. The maximum atomic E-state index is 5.47. The maximum Gasteiger partial charge on any atom is 0.194 e. The van der Waals surface area contributed by atoms with E-state index in [9.17, 15) is 0 Å². The van der Waals surface area contributed by atoms with Gasteiger partial charge in [0.1, 0.15) is 0 Å². The van der Waals surface area contributed by atoms with Crippen LogP contribution in [0.2, 0.25) is 0 Å². The zero-order valence-electron chi connectivity index (χ0n) is 7.36. The fraction of sp³-hybridized carbons (Fsp3) is 0.100. The summed E-state index contributed by atoms with van der Waals surface area (Å²) in [5.74, 6) is 0. The third-order valence-electron chi connectivity index (χ3n) is 1.91. The van der Waals surface area contributed by atoms with Gasteiger partial charge in [-0.15, -0.1) is 0 Å². The van der Waals surface area contributed by atoms with Crippen LogP contribution in [0, 0.1) is 13.1 Å². The summed E-state index contributed by atoms with van der Waals surface area (Å²) in [7, 11) is 0. The van der Waals surface area contributed by atoms with Gasteiger partial charge in [-0.1, -0.05) is 29.8 Å². The van der Waals surface area contributed by atoms with E-state index in [1.54, 1.807) is 6.08 Å². The second-order valence-electron chi connectivity index (χ2n) is 3.02. The molecule has 2 N–H and O–H groups in total. The summed E-state index contributed by atoms with van der Waals surface area (Å²) in [6.07, 6.45) is 2.24. The zero-order valence-corrected chi connectivity index (χ0v) is 7.36. The van der Waals surface area contributed by atoms with Gasteiger partial charge in [0.15, 0.2) is 6.17 Å². The fourth-order valence-corrected chi connectivity index (χ4v) is 1.17. The molecule has 0 bridgehead atoms. The van der Waals surface area contributed by atoms with Crippen molar-refractivity contribution in [1.29, 1.82) is 0 Å². The fourth-order valence-electron chi connectivity index (χ4n) is 1.17. The van der Waals surface area contributed by atoms with Crippen LogP contribution in [0.1, 0.15) is 11.1 Å². The van der Waals surface area contributed by atoms with Crippen LogP contribution in [0.3, 0.4) is 0 Å². The summed E-state index contributed by atoms with van der Waals surface area (Å²) in [4.78, 5) is 0. The first-order valence-corrected chi connectivity index (χ1v) is 4.08. The normalized spacial score (nSPS) is 16.3. The zero-order chi connectivity index (χ0) is 9.26. The minimum Gasteiger partial charge on any atom is -0.299 e. The van der Waals surface area contributed by atoms with Crippen molar-refractivity contribution in [3.05, 3.63) is 47.6 Å². The van der Waals surface area contributed by atoms with E-state index in [1.807, 2.05) is 24.3 Å². The molecule has 13 heavy (non-hydrogen) atoms. The summed E-state index contributed by atoms with van der Waals surface area (Å²) in [6.45, 7) is 2.05. The van der Waals surface area contributed by atoms with E-state index in [2.05, 4.69) is 17.2 Å². The number of aryl methyl sites for hydroxylation is 1. The average Bonchev–Trinajstić information content (AvgIpc) is 2.53. The van der Waals surface area contributed by atoms with Crippen LogP contribution in [0.5, 0.6) is 0 Å². The van der Waals surface area contributed by atoms with E-state index in [1.165, 1.54) is 5.56 Å². The molecule has 0 saturated carbocycles. The number of nitrogens with zero attached hydrogens (tertiary/aromatic N) is 2. The summed E-state index contributed by atoms with van der Waals surface area (Å²) >= 11 is 0. The average molecular weight is 172 g/mol. The Labute approximate surface area is 77.0 Å². The molecule has 3 heteroatoms. The number of rotatable bonds is 1. The summed E-state index contributed by atoms with van der Waals surface area (Å²) < 4.78 is 0. The summed E-state index contributed by atoms with van der Waals surface area (Å²) in [6, 6.07) is 8.11. The monoisotopic (exact) mass is 172 g/mol. The van der Waals surface area contributed by atoms with Crippen LogP contribution >= 0.6 is 0 Å². The van der Waals surface area contributed by atoms with Gasteiger partial charge in [-0.05, 0) is 13.0 Å². The molecule has 0 spiro atoms. The van der Waals surface area contributed by atoms with E-state index in [-0.39, 0.29) is 0 Å². The molecule has 0 aromatic heterocycles. The van der Waals surface area contributed by atoms with Crippen molar-refractivity contribution in [2.75, 3.05) is 0 Å². The highest BCUT2D eigenvalue weighted by molar-refractivity contribution is 5.67.